The number of piperazine rings is 1. The van der Waals surface area contributed by atoms with Gasteiger partial charge in [-0.05, 0) is 19.2 Å². The van der Waals surface area contributed by atoms with Crippen molar-refractivity contribution in [3.05, 3.63) is 42.5 Å². The van der Waals surface area contributed by atoms with E-state index < -0.39 is 6.10 Å². The van der Waals surface area contributed by atoms with Crippen LogP contribution in [0.15, 0.2) is 36.9 Å². The Labute approximate surface area is 152 Å². The van der Waals surface area contributed by atoms with E-state index in [4.69, 9.17) is 0 Å². The number of benzene rings is 1. The minimum absolute atomic E-state index is 0.00572. The fourth-order valence-electron chi connectivity index (χ4n) is 3.80. The second-order valence-electron chi connectivity index (χ2n) is 7.04. The summed E-state index contributed by atoms with van der Waals surface area (Å²) in [6.45, 7) is 4.75. The number of β-amino-alcohol motifs (C(OH)–C–C–N with tert-alkyl or cyclic N) is 1. The first kappa shape index (κ1) is 17.1. The van der Waals surface area contributed by atoms with E-state index in [9.17, 15) is 9.90 Å². The van der Waals surface area contributed by atoms with Crippen LogP contribution in [0.25, 0.3) is 5.69 Å². The van der Waals surface area contributed by atoms with Gasteiger partial charge in [-0.2, -0.15) is 5.10 Å². The molecule has 2 aromatic rings. The number of hydrogen-bond donors (Lipinski definition) is 1. The molecule has 1 N–H and O–H groups in total. The predicted molar refractivity (Wildman–Crippen MR) is 96.1 cm³/mol. The molecule has 4 rings (SSSR count). The monoisotopic (exact) mass is 356 g/mol. The third kappa shape index (κ3) is 3.23. The van der Waals surface area contributed by atoms with Crippen molar-refractivity contribution in [3.63, 3.8) is 0 Å². The summed E-state index contributed by atoms with van der Waals surface area (Å²) < 4.78 is 1.59. The molecule has 0 bridgehead atoms. The number of likely N-dealkylation sites (tertiary alicyclic amines) is 1. The molecule has 0 spiro atoms. The average Bonchev–Trinajstić information content (AvgIpc) is 3.32. The lowest BCUT2D eigenvalue weighted by atomic mass is 10.1. The Hall–Kier alpha value is -2.29. The quantitative estimate of drug-likeness (QED) is 0.814. The highest BCUT2D eigenvalue weighted by molar-refractivity contribution is 5.98. The van der Waals surface area contributed by atoms with Gasteiger partial charge in [0.25, 0.3) is 5.91 Å². The molecule has 2 aliphatic rings. The van der Waals surface area contributed by atoms with Gasteiger partial charge in [0.1, 0.15) is 12.7 Å². The Bertz CT molecular complexity index is 757. The van der Waals surface area contributed by atoms with Gasteiger partial charge in [-0.1, -0.05) is 12.1 Å². The molecule has 0 saturated carbocycles. The van der Waals surface area contributed by atoms with E-state index in [1.807, 2.05) is 18.2 Å². The number of para-hydroxylation sites is 1. The lowest BCUT2D eigenvalue weighted by molar-refractivity contribution is 0.0512. The van der Waals surface area contributed by atoms with Gasteiger partial charge in [-0.3, -0.25) is 9.69 Å². The molecule has 2 fully saturated rings. The van der Waals surface area contributed by atoms with Crippen LogP contribution in [0, 0.1) is 0 Å². The smallest absolute Gasteiger partial charge is 0.256 e. The van der Waals surface area contributed by atoms with Crippen molar-refractivity contribution >= 4 is 5.91 Å². The molecular weight excluding hydrogens is 332 g/mol. The van der Waals surface area contributed by atoms with Crippen LogP contribution in [0.2, 0.25) is 0 Å². The summed E-state index contributed by atoms with van der Waals surface area (Å²) in [5.41, 5.74) is 1.27. The Morgan fingerprint density at radius 2 is 1.92 bits per heavy atom. The molecule has 138 valence electrons. The normalized spacial score (nSPS) is 24.9. The Balaban J connectivity index is 1.51. The minimum Gasteiger partial charge on any atom is -0.390 e. The molecule has 0 radical (unpaired) electrons. The highest BCUT2D eigenvalue weighted by Gasteiger charge is 2.39. The molecular formula is C18H24N6O2. The maximum Gasteiger partial charge on any atom is 0.256 e. The molecule has 26 heavy (non-hydrogen) atoms. The lowest BCUT2D eigenvalue weighted by Gasteiger charge is -2.37. The summed E-state index contributed by atoms with van der Waals surface area (Å²) in [6.07, 6.45) is 2.52. The summed E-state index contributed by atoms with van der Waals surface area (Å²) >= 11 is 0. The van der Waals surface area contributed by atoms with E-state index in [1.54, 1.807) is 22.0 Å². The second kappa shape index (κ2) is 7.14. The second-order valence-corrected chi connectivity index (χ2v) is 7.04. The molecule has 3 heterocycles. The van der Waals surface area contributed by atoms with E-state index in [1.165, 1.54) is 6.33 Å². The molecule has 1 aromatic heterocycles. The molecule has 1 amide bonds. The first-order valence-electron chi connectivity index (χ1n) is 8.97. The number of amides is 1. The van der Waals surface area contributed by atoms with Crippen LogP contribution in [0.5, 0.6) is 0 Å². The first-order valence-corrected chi connectivity index (χ1v) is 8.97. The molecule has 8 heteroatoms. The summed E-state index contributed by atoms with van der Waals surface area (Å²) in [5.74, 6) is -0.0771. The largest absolute Gasteiger partial charge is 0.390 e. The molecule has 0 aliphatic carbocycles. The summed E-state index contributed by atoms with van der Waals surface area (Å²) in [7, 11) is 2.11. The van der Waals surface area contributed by atoms with Crippen molar-refractivity contribution in [1.29, 1.82) is 0 Å². The number of nitrogens with zero attached hydrogens (tertiary/aromatic N) is 6. The first-order chi connectivity index (χ1) is 12.6. The number of carbonyl (C=O) groups is 1. The topological polar surface area (TPSA) is 77.7 Å². The van der Waals surface area contributed by atoms with E-state index >= 15 is 0 Å². The zero-order chi connectivity index (χ0) is 18.1. The molecule has 2 saturated heterocycles. The van der Waals surface area contributed by atoms with Crippen LogP contribution >= 0.6 is 0 Å². The third-order valence-electron chi connectivity index (χ3n) is 5.35. The van der Waals surface area contributed by atoms with Crippen molar-refractivity contribution < 1.29 is 9.90 Å². The Kier molecular flexibility index (Phi) is 4.71. The number of aliphatic hydroxyl groups is 1. The van der Waals surface area contributed by atoms with Crippen LogP contribution in [-0.2, 0) is 0 Å². The van der Waals surface area contributed by atoms with Crippen LogP contribution in [0.3, 0.4) is 0 Å². The molecule has 8 nitrogen and oxygen atoms in total. The Morgan fingerprint density at radius 3 is 2.65 bits per heavy atom. The summed E-state index contributed by atoms with van der Waals surface area (Å²) in [6, 6.07) is 7.38. The number of hydrogen-bond acceptors (Lipinski definition) is 6. The van der Waals surface area contributed by atoms with Crippen molar-refractivity contribution in [2.45, 2.75) is 12.1 Å². The van der Waals surface area contributed by atoms with Crippen LogP contribution in [-0.4, -0.2) is 98.9 Å². The average molecular weight is 356 g/mol. The molecule has 2 atom stereocenters. The van der Waals surface area contributed by atoms with E-state index in [2.05, 4.69) is 26.9 Å². The number of likely N-dealkylation sites (N-methyl/N-ethyl adjacent to an activating group) is 1. The standard InChI is InChI=1S/C18H24N6O2/c1-21-6-8-22(9-7-21)16-10-23(11-17(16)25)18(26)14-4-2-3-5-15(14)24-13-19-12-20-24/h2-5,12-13,16-17,25H,6-11H2,1H3/t16-,17-/m0/s1. The molecule has 0 unspecified atom stereocenters. The predicted octanol–water partition coefficient (Wildman–Crippen LogP) is -0.300. The zero-order valence-corrected chi connectivity index (χ0v) is 14.9. The van der Waals surface area contributed by atoms with E-state index in [0.29, 0.717) is 24.3 Å². The van der Waals surface area contributed by atoms with Gasteiger partial charge < -0.3 is 14.9 Å². The maximum atomic E-state index is 13.1. The zero-order valence-electron chi connectivity index (χ0n) is 14.9. The van der Waals surface area contributed by atoms with Gasteiger partial charge in [0.2, 0.25) is 0 Å². The van der Waals surface area contributed by atoms with Crippen LogP contribution in [0.1, 0.15) is 10.4 Å². The summed E-state index contributed by atoms with van der Waals surface area (Å²) in [5, 5.41) is 14.7. The number of carbonyl (C=O) groups excluding carboxylic acids is 1. The third-order valence-corrected chi connectivity index (χ3v) is 5.35. The van der Waals surface area contributed by atoms with Gasteiger partial charge in [-0.25, -0.2) is 9.67 Å². The van der Waals surface area contributed by atoms with E-state index in [-0.39, 0.29) is 11.9 Å². The van der Waals surface area contributed by atoms with Crippen molar-refractivity contribution in [1.82, 2.24) is 29.5 Å². The molecule has 1 aromatic carbocycles. The molecule has 2 aliphatic heterocycles. The van der Waals surface area contributed by atoms with Gasteiger partial charge >= 0.3 is 0 Å². The SMILES string of the molecule is CN1CCN([C@H]2CN(C(=O)c3ccccc3-n3cncn3)C[C@@H]2O)CC1. The van der Waals surface area contributed by atoms with Crippen LogP contribution in [0.4, 0.5) is 0 Å². The van der Waals surface area contributed by atoms with Crippen LogP contribution < -0.4 is 0 Å². The highest BCUT2D eigenvalue weighted by atomic mass is 16.3. The fourth-order valence-corrected chi connectivity index (χ4v) is 3.80. The lowest BCUT2D eigenvalue weighted by Crippen LogP contribution is -2.52. The Morgan fingerprint density at radius 1 is 1.15 bits per heavy atom. The van der Waals surface area contributed by atoms with Gasteiger partial charge in [-0.15, -0.1) is 0 Å². The number of aromatic nitrogens is 3. The fraction of sp³-hybridized carbons (Fsp3) is 0.500. The van der Waals surface area contributed by atoms with Gasteiger partial charge in [0.15, 0.2) is 0 Å². The van der Waals surface area contributed by atoms with Gasteiger partial charge in [0.05, 0.1) is 23.4 Å². The highest BCUT2D eigenvalue weighted by Crippen LogP contribution is 2.22. The van der Waals surface area contributed by atoms with Crippen molar-refractivity contribution in [2.24, 2.45) is 0 Å². The maximum absolute atomic E-state index is 13.1. The number of rotatable bonds is 3. The van der Waals surface area contributed by atoms with Crippen molar-refractivity contribution in [3.8, 4) is 5.69 Å². The minimum atomic E-state index is -0.513. The van der Waals surface area contributed by atoms with E-state index in [0.717, 1.165) is 26.2 Å². The summed E-state index contributed by atoms with van der Waals surface area (Å²) in [4.78, 5) is 23.4. The van der Waals surface area contributed by atoms with Crippen molar-refractivity contribution in [2.75, 3.05) is 46.3 Å². The number of aliphatic hydroxyl groups excluding tert-OH is 1. The van der Waals surface area contributed by atoms with Gasteiger partial charge in [0, 0.05) is 39.3 Å².